The summed E-state index contributed by atoms with van der Waals surface area (Å²) in [5.41, 5.74) is 6.20. The number of hydrogen-bond acceptors (Lipinski definition) is 3. The van der Waals surface area contributed by atoms with E-state index in [0.29, 0.717) is 30.4 Å². The molecule has 2 heterocycles. The fraction of sp³-hybridized carbons (Fsp3) is 0.583. The van der Waals surface area contributed by atoms with Crippen LogP contribution < -0.4 is 5.73 Å². The maximum atomic E-state index is 12.1. The second kappa shape index (κ2) is 3.26. The lowest BCUT2D eigenvalue weighted by molar-refractivity contribution is -0.0960. The van der Waals surface area contributed by atoms with Gasteiger partial charge in [0, 0.05) is 13.2 Å². The molecule has 3 N–H and O–H groups in total. The quantitative estimate of drug-likeness (QED) is 0.769. The van der Waals surface area contributed by atoms with Crippen molar-refractivity contribution in [2.75, 3.05) is 18.8 Å². The minimum absolute atomic E-state index is 0.0467. The minimum atomic E-state index is -0.619. The van der Waals surface area contributed by atoms with Crippen molar-refractivity contribution < 1.29 is 9.90 Å². The van der Waals surface area contributed by atoms with Crippen LogP contribution in [0.15, 0.2) is 12.3 Å². The van der Waals surface area contributed by atoms with Crippen LogP contribution in [0.3, 0.4) is 0 Å². The first-order valence-corrected chi connectivity index (χ1v) is 5.93. The van der Waals surface area contributed by atoms with Crippen molar-refractivity contribution in [3.05, 3.63) is 18.0 Å². The van der Waals surface area contributed by atoms with Gasteiger partial charge in [0.05, 0.1) is 18.8 Å². The van der Waals surface area contributed by atoms with Crippen molar-refractivity contribution in [2.24, 2.45) is 13.0 Å². The number of aryl methyl sites for hydroxylation is 1. The Morgan fingerprint density at radius 2 is 2.18 bits per heavy atom. The van der Waals surface area contributed by atoms with Gasteiger partial charge >= 0.3 is 0 Å². The number of aliphatic hydroxyl groups is 1. The van der Waals surface area contributed by atoms with Crippen LogP contribution in [-0.4, -0.2) is 39.2 Å². The molecule has 1 aliphatic carbocycles. The molecular formula is C12H17N3O2. The zero-order chi connectivity index (χ0) is 12.2. The number of anilines is 1. The van der Waals surface area contributed by atoms with Gasteiger partial charge in [-0.05, 0) is 24.8 Å². The van der Waals surface area contributed by atoms with Crippen LogP contribution in [0.2, 0.25) is 0 Å². The molecule has 2 aliphatic rings. The van der Waals surface area contributed by atoms with Crippen molar-refractivity contribution >= 4 is 11.6 Å². The molecule has 1 aromatic rings. The zero-order valence-corrected chi connectivity index (χ0v) is 9.89. The fourth-order valence-corrected chi connectivity index (χ4v) is 2.60. The molecular weight excluding hydrogens is 218 g/mol. The first-order valence-electron chi connectivity index (χ1n) is 5.93. The van der Waals surface area contributed by atoms with Crippen molar-refractivity contribution in [1.82, 2.24) is 9.47 Å². The largest absolute Gasteiger partial charge is 0.397 e. The Balaban J connectivity index is 1.71. The topological polar surface area (TPSA) is 71.5 Å². The van der Waals surface area contributed by atoms with Crippen LogP contribution in [0, 0.1) is 5.92 Å². The Hall–Kier alpha value is -1.49. The third-order valence-electron chi connectivity index (χ3n) is 3.80. The van der Waals surface area contributed by atoms with Crippen LogP contribution in [0.5, 0.6) is 0 Å². The van der Waals surface area contributed by atoms with E-state index in [2.05, 4.69) is 0 Å². The fourth-order valence-electron chi connectivity index (χ4n) is 2.60. The normalized spacial score (nSPS) is 22.4. The second-order valence-corrected chi connectivity index (χ2v) is 5.31. The van der Waals surface area contributed by atoms with Gasteiger partial charge in [0.25, 0.3) is 5.91 Å². The lowest BCUT2D eigenvalue weighted by Crippen LogP contribution is -2.64. The van der Waals surface area contributed by atoms with Crippen LogP contribution in [-0.2, 0) is 7.05 Å². The maximum absolute atomic E-state index is 12.1. The number of carbonyl (C=O) groups excluding carboxylic acids is 1. The molecule has 1 amide bonds. The molecule has 92 valence electrons. The highest BCUT2D eigenvalue weighted by Gasteiger charge is 2.53. The molecule has 0 unspecified atom stereocenters. The molecule has 0 aromatic carbocycles. The molecule has 0 atom stereocenters. The van der Waals surface area contributed by atoms with Gasteiger partial charge in [0.1, 0.15) is 11.3 Å². The summed E-state index contributed by atoms with van der Waals surface area (Å²) in [6.45, 7) is 0.920. The van der Waals surface area contributed by atoms with Gasteiger partial charge in [-0.1, -0.05) is 0 Å². The first kappa shape index (κ1) is 10.7. The standard InChI is InChI=1S/C12H17N3O2/c1-14-5-9(13)4-10(14)11(16)15-6-12(17,7-15)8-2-3-8/h4-5,8,17H,2-3,6-7,13H2,1H3. The number of amides is 1. The van der Waals surface area contributed by atoms with E-state index in [9.17, 15) is 9.90 Å². The summed E-state index contributed by atoms with van der Waals surface area (Å²) in [5, 5.41) is 10.2. The van der Waals surface area contributed by atoms with E-state index in [1.807, 2.05) is 0 Å². The van der Waals surface area contributed by atoms with E-state index < -0.39 is 5.60 Å². The van der Waals surface area contributed by atoms with Gasteiger partial charge in [-0.3, -0.25) is 4.79 Å². The zero-order valence-electron chi connectivity index (χ0n) is 9.89. The van der Waals surface area contributed by atoms with E-state index in [4.69, 9.17) is 5.73 Å². The number of aromatic nitrogens is 1. The first-order chi connectivity index (χ1) is 7.99. The van der Waals surface area contributed by atoms with E-state index in [1.54, 1.807) is 28.8 Å². The van der Waals surface area contributed by atoms with E-state index in [1.165, 1.54) is 0 Å². The molecule has 5 heteroatoms. The number of hydrogen-bond donors (Lipinski definition) is 2. The van der Waals surface area contributed by atoms with E-state index >= 15 is 0 Å². The molecule has 17 heavy (non-hydrogen) atoms. The molecule has 0 radical (unpaired) electrons. The maximum Gasteiger partial charge on any atom is 0.270 e. The molecule has 1 aromatic heterocycles. The van der Waals surface area contributed by atoms with Crippen molar-refractivity contribution in [3.8, 4) is 0 Å². The number of nitrogen functional groups attached to an aromatic ring is 1. The van der Waals surface area contributed by atoms with Crippen LogP contribution in [0.1, 0.15) is 23.3 Å². The average molecular weight is 235 g/mol. The lowest BCUT2D eigenvalue weighted by Gasteiger charge is -2.46. The summed E-state index contributed by atoms with van der Waals surface area (Å²) in [5.74, 6) is 0.361. The number of nitrogens with two attached hydrogens (primary N) is 1. The van der Waals surface area contributed by atoms with Gasteiger partial charge in [-0.15, -0.1) is 0 Å². The van der Waals surface area contributed by atoms with Gasteiger partial charge in [0.15, 0.2) is 0 Å². The summed E-state index contributed by atoms with van der Waals surface area (Å²) in [6, 6.07) is 1.68. The van der Waals surface area contributed by atoms with Gasteiger partial charge in [-0.2, -0.15) is 0 Å². The molecule has 1 aliphatic heterocycles. The third kappa shape index (κ3) is 1.61. The number of rotatable bonds is 2. The minimum Gasteiger partial charge on any atom is -0.397 e. The molecule has 5 nitrogen and oxygen atoms in total. The van der Waals surface area contributed by atoms with Crippen LogP contribution in [0.4, 0.5) is 5.69 Å². The van der Waals surface area contributed by atoms with Gasteiger partial charge in [-0.25, -0.2) is 0 Å². The Labute approximate surface area is 99.8 Å². The molecule has 1 saturated carbocycles. The predicted molar refractivity (Wildman–Crippen MR) is 63.4 cm³/mol. The van der Waals surface area contributed by atoms with Gasteiger partial charge < -0.3 is 20.3 Å². The van der Waals surface area contributed by atoms with Crippen molar-refractivity contribution in [1.29, 1.82) is 0 Å². The Morgan fingerprint density at radius 3 is 2.65 bits per heavy atom. The molecule has 2 fully saturated rings. The smallest absolute Gasteiger partial charge is 0.270 e. The van der Waals surface area contributed by atoms with Crippen LogP contribution in [0.25, 0.3) is 0 Å². The molecule has 1 saturated heterocycles. The van der Waals surface area contributed by atoms with Crippen LogP contribution >= 0.6 is 0 Å². The number of β-amino-alcohol motifs (C(OH)–C–C–N with tert-alkyl or cyclic N) is 1. The highest BCUT2D eigenvalue weighted by molar-refractivity contribution is 5.94. The number of nitrogens with zero attached hydrogens (tertiary/aromatic N) is 2. The summed E-state index contributed by atoms with van der Waals surface area (Å²) >= 11 is 0. The molecule has 3 rings (SSSR count). The predicted octanol–water partition coefficient (Wildman–Crippen LogP) is 0.204. The monoisotopic (exact) mass is 235 g/mol. The Kier molecular flexibility index (Phi) is 2.04. The summed E-state index contributed by atoms with van der Waals surface area (Å²) in [4.78, 5) is 13.8. The average Bonchev–Trinajstić information content (AvgIpc) is 3.00. The number of likely N-dealkylation sites (tertiary alicyclic amines) is 1. The van der Waals surface area contributed by atoms with Gasteiger partial charge in [0.2, 0.25) is 0 Å². The third-order valence-corrected chi connectivity index (χ3v) is 3.80. The second-order valence-electron chi connectivity index (χ2n) is 5.31. The van der Waals surface area contributed by atoms with E-state index in [0.717, 1.165) is 12.8 Å². The SMILES string of the molecule is Cn1cc(N)cc1C(=O)N1CC(O)(C2CC2)C1. The highest BCUT2D eigenvalue weighted by atomic mass is 16.3. The van der Waals surface area contributed by atoms with Crippen molar-refractivity contribution in [3.63, 3.8) is 0 Å². The van der Waals surface area contributed by atoms with Crippen molar-refractivity contribution in [2.45, 2.75) is 18.4 Å². The summed E-state index contributed by atoms with van der Waals surface area (Å²) in [6.07, 6.45) is 3.91. The summed E-state index contributed by atoms with van der Waals surface area (Å²) < 4.78 is 1.73. The highest BCUT2D eigenvalue weighted by Crippen LogP contribution is 2.44. The number of carbonyl (C=O) groups is 1. The Bertz CT molecular complexity index is 470. The summed E-state index contributed by atoms with van der Waals surface area (Å²) in [7, 11) is 1.80. The molecule has 0 spiro atoms. The molecule has 0 bridgehead atoms. The Morgan fingerprint density at radius 1 is 1.53 bits per heavy atom. The van der Waals surface area contributed by atoms with E-state index in [-0.39, 0.29) is 5.91 Å². The lowest BCUT2D eigenvalue weighted by atomic mass is 9.88.